The molecule has 2 unspecified atom stereocenters. The second kappa shape index (κ2) is 8.13. The van der Waals surface area contributed by atoms with E-state index < -0.39 is 0 Å². The van der Waals surface area contributed by atoms with Crippen LogP contribution in [0.2, 0.25) is 0 Å². The molecule has 1 saturated heterocycles. The summed E-state index contributed by atoms with van der Waals surface area (Å²) in [6.45, 7) is 10.9. The van der Waals surface area contributed by atoms with Crippen molar-refractivity contribution in [3.05, 3.63) is 0 Å². The average molecular weight is 255 g/mol. The standard InChI is InChI=1S/C15H33N3/c1-13(2)15(9-16-3)12-18(5)11-14-7-6-8-17(4)10-14/h13-16H,6-12H2,1-5H3. The Morgan fingerprint density at radius 2 is 2.11 bits per heavy atom. The molecule has 0 aromatic heterocycles. The first-order chi connectivity index (χ1) is 8.52. The molecule has 1 rings (SSSR count). The molecule has 1 fully saturated rings. The van der Waals surface area contributed by atoms with Gasteiger partial charge in [-0.2, -0.15) is 0 Å². The van der Waals surface area contributed by atoms with Gasteiger partial charge in [0.05, 0.1) is 0 Å². The summed E-state index contributed by atoms with van der Waals surface area (Å²) in [4.78, 5) is 5.03. The number of nitrogens with one attached hydrogen (secondary N) is 1. The summed E-state index contributed by atoms with van der Waals surface area (Å²) < 4.78 is 0. The first-order valence-electron chi connectivity index (χ1n) is 7.54. The fraction of sp³-hybridized carbons (Fsp3) is 1.00. The van der Waals surface area contributed by atoms with E-state index in [0.29, 0.717) is 0 Å². The van der Waals surface area contributed by atoms with Crippen molar-refractivity contribution in [1.29, 1.82) is 0 Å². The number of hydrogen-bond acceptors (Lipinski definition) is 3. The number of piperidine rings is 1. The van der Waals surface area contributed by atoms with Crippen molar-refractivity contribution in [3.8, 4) is 0 Å². The molecule has 1 heterocycles. The van der Waals surface area contributed by atoms with Crippen LogP contribution in [0, 0.1) is 17.8 Å². The van der Waals surface area contributed by atoms with Crippen LogP contribution in [0.15, 0.2) is 0 Å². The van der Waals surface area contributed by atoms with Crippen molar-refractivity contribution in [2.75, 3.05) is 53.9 Å². The number of nitrogens with zero attached hydrogens (tertiary/aromatic N) is 2. The summed E-state index contributed by atoms with van der Waals surface area (Å²) in [5.74, 6) is 2.39. The topological polar surface area (TPSA) is 18.5 Å². The van der Waals surface area contributed by atoms with Gasteiger partial charge in [-0.1, -0.05) is 13.8 Å². The third-order valence-corrected chi connectivity index (χ3v) is 4.25. The van der Waals surface area contributed by atoms with Crippen LogP contribution in [0.1, 0.15) is 26.7 Å². The number of hydrogen-bond donors (Lipinski definition) is 1. The van der Waals surface area contributed by atoms with Gasteiger partial charge in [0.25, 0.3) is 0 Å². The van der Waals surface area contributed by atoms with Crippen molar-refractivity contribution in [2.24, 2.45) is 17.8 Å². The lowest BCUT2D eigenvalue weighted by Gasteiger charge is -2.34. The summed E-state index contributed by atoms with van der Waals surface area (Å²) in [5, 5.41) is 3.33. The Morgan fingerprint density at radius 3 is 2.67 bits per heavy atom. The van der Waals surface area contributed by atoms with Crippen molar-refractivity contribution in [2.45, 2.75) is 26.7 Å². The Labute approximate surface area is 114 Å². The highest BCUT2D eigenvalue weighted by atomic mass is 15.1. The molecule has 1 aliphatic heterocycles. The Balaban J connectivity index is 2.32. The van der Waals surface area contributed by atoms with Gasteiger partial charge in [-0.3, -0.25) is 0 Å². The van der Waals surface area contributed by atoms with E-state index >= 15 is 0 Å². The van der Waals surface area contributed by atoms with Crippen molar-refractivity contribution < 1.29 is 0 Å². The molecule has 0 saturated carbocycles. The summed E-state index contributed by atoms with van der Waals surface area (Å²) in [6, 6.07) is 0. The number of likely N-dealkylation sites (tertiary alicyclic amines) is 1. The molecular formula is C15H33N3. The van der Waals surface area contributed by atoms with E-state index in [1.807, 2.05) is 0 Å². The molecule has 1 N–H and O–H groups in total. The van der Waals surface area contributed by atoms with Crippen LogP contribution in [0.3, 0.4) is 0 Å². The van der Waals surface area contributed by atoms with E-state index in [0.717, 1.165) is 24.3 Å². The highest BCUT2D eigenvalue weighted by Crippen LogP contribution is 2.17. The van der Waals surface area contributed by atoms with E-state index in [9.17, 15) is 0 Å². The van der Waals surface area contributed by atoms with Gasteiger partial charge < -0.3 is 15.1 Å². The minimum atomic E-state index is 0.758. The van der Waals surface area contributed by atoms with Crippen LogP contribution in [-0.4, -0.2) is 63.7 Å². The Hall–Kier alpha value is -0.120. The Bertz CT molecular complexity index is 218. The second-order valence-corrected chi connectivity index (χ2v) is 6.55. The minimum absolute atomic E-state index is 0.758. The molecule has 108 valence electrons. The maximum Gasteiger partial charge on any atom is 0.00213 e. The highest BCUT2D eigenvalue weighted by molar-refractivity contribution is 4.75. The lowest BCUT2D eigenvalue weighted by atomic mass is 9.93. The van der Waals surface area contributed by atoms with E-state index in [4.69, 9.17) is 0 Å². The molecule has 18 heavy (non-hydrogen) atoms. The monoisotopic (exact) mass is 255 g/mol. The smallest absolute Gasteiger partial charge is 0.00213 e. The summed E-state index contributed by atoms with van der Waals surface area (Å²) >= 11 is 0. The molecule has 0 radical (unpaired) electrons. The normalized spacial score (nSPS) is 23.8. The Morgan fingerprint density at radius 1 is 1.39 bits per heavy atom. The molecule has 0 aromatic carbocycles. The largest absolute Gasteiger partial charge is 0.319 e. The maximum atomic E-state index is 3.33. The third kappa shape index (κ3) is 5.68. The molecule has 0 aromatic rings. The fourth-order valence-electron chi connectivity index (χ4n) is 3.11. The van der Waals surface area contributed by atoms with Gasteiger partial charge in [-0.25, -0.2) is 0 Å². The van der Waals surface area contributed by atoms with Crippen molar-refractivity contribution in [3.63, 3.8) is 0 Å². The van der Waals surface area contributed by atoms with Crippen molar-refractivity contribution in [1.82, 2.24) is 15.1 Å². The Kier molecular flexibility index (Phi) is 7.20. The summed E-state index contributed by atoms with van der Waals surface area (Å²) in [5.41, 5.74) is 0. The van der Waals surface area contributed by atoms with Gasteiger partial charge in [0, 0.05) is 19.6 Å². The lowest BCUT2D eigenvalue weighted by molar-refractivity contribution is 0.148. The first kappa shape index (κ1) is 15.9. The predicted octanol–water partition coefficient (Wildman–Crippen LogP) is 1.75. The average Bonchev–Trinajstić information content (AvgIpc) is 2.28. The molecule has 3 heteroatoms. The molecule has 0 bridgehead atoms. The molecular weight excluding hydrogens is 222 g/mol. The quantitative estimate of drug-likeness (QED) is 0.748. The van der Waals surface area contributed by atoms with Gasteiger partial charge in [0.15, 0.2) is 0 Å². The van der Waals surface area contributed by atoms with Gasteiger partial charge in [-0.15, -0.1) is 0 Å². The highest BCUT2D eigenvalue weighted by Gasteiger charge is 2.21. The lowest BCUT2D eigenvalue weighted by Crippen LogP contribution is -2.41. The molecule has 0 amide bonds. The van der Waals surface area contributed by atoms with Crippen LogP contribution < -0.4 is 5.32 Å². The maximum absolute atomic E-state index is 3.33. The van der Waals surface area contributed by atoms with Gasteiger partial charge in [0.2, 0.25) is 0 Å². The molecule has 0 aliphatic carbocycles. The summed E-state index contributed by atoms with van der Waals surface area (Å²) in [6.07, 6.45) is 2.78. The minimum Gasteiger partial charge on any atom is -0.319 e. The van der Waals surface area contributed by atoms with E-state index in [1.165, 1.54) is 39.0 Å². The third-order valence-electron chi connectivity index (χ3n) is 4.25. The van der Waals surface area contributed by atoms with Gasteiger partial charge in [0.1, 0.15) is 0 Å². The molecule has 1 aliphatic rings. The summed E-state index contributed by atoms with van der Waals surface area (Å²) in [7, 11) is 6.61. The van der Waals surface area contributed by atoms with E-state index in [1.54, 1.807) is 0 Å². The fourth-order valence-corrected chi connectivity index (χ4v) is 3.11. The van der Waals surface area contributed by atoms with Crippen LogP contribution in [0.4, 0.5) is 0 Å². The first-order valence-corrected chi connectivity index (χ1v) is 7.54. The van der Waals surface area contributed by atoms with Gasteiger partial charge in [-0.05, 0) is 64.8 Å². The van der Waals surface area contributed by atoms with E-state index in [2.05, 4.69) is 50.1 Å². The predicted molar refractivity (Wildman–Crippen MR) is 80.0 cm³/mol. The van der Waals surface area contributed by atoms with Gasteiger partial charge >= 0.3 is 0 Å². The second-order valence-electron chi connectivity index (χ2n) is 6.55. The molecule has 0 spiro atoms. The zero-order chi connectivity index (χ0) is 13.5. The van der Waals surface area contributed by atoms with Crippen LogP contribution in [0.25, 0.3) is 0 Å². The molecule has 2 atom stereocenters. The number of rotatable bonds is 7. The zero-order valence-corrected chi connectivity index (χ0v) is 13.1. The van der Waals surface area contributed by atoms with Crippen LogP contribution >= 0.6 is 0 Å². The van der Waals surface area contributed by atoms with Crippen LogP contribution in [-0.2, 0) is 0 Å². The van der Waals surface area contributed by atoms with Crippen molar-refractivity contribution >= 4 is 0 Å². The SMILES string of the molecule is CNCC(CN(C)CC1CCCN(C)C1)C(C)C. The zero-order valence-electron chi connectivity index (χ0n) is 13.1. The molecule has 3 nitrogen and oxygen atoms in total. The van der Waals surface area contributed by atoms with E-state index in [-0.39, 0.29) is 0 Å². The van der Waals surface area contributed by atoms with Crippen LogP contribution in [0.5, 0.6) is 0 Å².